The van der Waals surface area contributed by atoms with Gasteiger partial charge in [-0.2, -0.15) is 0 Å². The highest BCUT2D eigenvalue weighted by Crippen LogP contribution is 2.33. The summed E-state index contributed by atoms with van der Waals surface area (Å²) in [5.41, 5.74) is 2.99. The lowest BCUT2D eigenvalue weighted by Crippen LogP contribution is -2.52. The van der Waals surface area contributed by atoms with Gasteiger partial charge in [0.15, 0.2) is 0 Å². The molecule has 170 valence electrons. The molecule has 1 amide bonds. The first-order chi connectivity index (χ1) is 15.7. The van der Waals surface area contributed by atoms with E-state index in [2.05, 4.69) is 21.2 Å². The second kappa shape index (κ2) is 9.46. The van der Waals surface area contributed by atoms with E-state index in [1.165, 1.54) is 12.8 Å². The number of hydrogen-bond donors (Lipinski definition) is 1. The zero-order chi connectivity index (χ0) is 21.9. The molecule has 0 radical (unpaired) electrons. The number of piperazine rings is 2. The van der Waals surface area contributed by atoms with Crippen LogP contribution < -0.4 is 10.2 Å². The van der Waals surface area contributed by atoms with Crippen LogP contribution in [-0.2, 0) is 17.9 Å². The Morgan fingerprint density at radius 3 is 2.41 bits per heavy atom. The number of benzene rings is 2. The van der Waals surface area contributed by atoms with E-state index >= 15 is 0 Å². The third kappa shape index (κ3) is 4.74. The van der Waals surface area contributed by atoms with Crippen molar-refractivity contribution < 1.29 is 13.9 Å². The number of anilines is 1. The van der Waals surface area contributed by atoms with Crippen LogP contribution in [0.4, 0.5) is 14.9 Å². The van der Waals surface area contributed by atoms with Crippen LogP contribution in [0.25, 0.3) is 0 Å². The Bertz CT molecular complexity index is 917. The monoisotopic (exact) mass is 438 g/mol. The maximum absolute atomic E-state index is 14.5. The minimum Gasteiger partial charge on any atom is -0.445 e. The molecular weight excluding hydrogens is 407 g/mol. The number of nitrogens with zero attached hydrogens (tertiary/aromatic N) is 3. The van der Waals surface area contributed by atoms with E-state index in [1.54, 1.807) is 17.0 Å². The van der Waals surface area contributed by atoms with Crippen LogP contribution in [0.5, 0.6) is 0 Å². The Morgan fingerprint density at radius 1 is 0.969 bits per heavy atom. The van der Waals surface area contributed by atoms with Gasteiger partial charge in [-0.1, -0.05) is 30.3 Å². The summed E-state index contributed by atoms with van der Waals surface area (Å²) in [6.07, 6.45) is 2.08. The van der Waals surface area contributed by atoms with Gasteiger partial charge >= 0.3 is 6.09 Å². The average molecular weight is 439 g/mol. The zero-order valence-corrected chi connectivity index (χ0v) is 18.4. The summed E-state index contributed by atoms with van der Waals surface area (Å²) in [6, 6.07) is 16.1. The molecule has 5 rings (SSSR count). The van der Waals surface area contributed by atoms with Gasteiger partial charge in [-0.05, 0) is 42.2 Å². The normalized spacial score (nSPS) is 23.4. The zero-order valence-electron chi connectivity index (χ0n) is 18.4. The van der Waals surface area contributed by atoms with E-state index in [4.69, 9.17) is 4.74 Å². The fourth-order valence-electron chi connectivity index (χ4n) is 5.23. The lowest BCUT2D eigenvalue weighted by Gasteiger charge is -2.38. The molecule has 2 aromatic carbocycles. The highest BCUT2D eigenvalue weighted by Gasteiger charge is 2.36. The van der Waals surface area contributed by atoms with Crippen molar-refractivity contribution in [3.63, 3.8) is 0 Å². The van der Waals surface area contributed by atoms with E-state index in [0.29, 0.717) is 38.3 Å². The van der Waals surface area contributed by atoms with Crippen molar-refractivity contribution in [3.05, 3.63) is 65.5 Å². The van der Waals surface area contributed by atoms with Crippen LogP contribution in [0, 0.1) is 5.82 Å². The molecule has 2 aromatic rings. The lowest BCUT2D eigenvalue weighted by atomic mass is 10.1. The lowest BCUT2D eigenvalue weighted by molar-refractivity contribution is 0.0700. The molecule has 3 aliphatic rings. The maximum atomic E-state index is 14.5. The van der Waals surface area contributed by atoms with Crippen molar-refractivity contribution in [2.45, 2.75) is 38.1 Å². The molecule has 3 fully saturated rings. The largest absolute Gasteiger partial charge is 0.445 e. The summed E-state index contributed by atoms with van der Waals surface area (Å²) in [5.74, 6) is -0.168. The first-order valence-electron chi connectivity index (χ1n) is 11.6. The first-order valence-corrected chi connectivity index (χ1v) is 11.6. The second-order valence-corrected chi connectivity index (χ2v) is 9.07. The summed E-state index contributed by atoms with van der Waals surface area (Å²) < 4.78 is 19.9. The van der Waals surface area contributed by atoms with Gasteiger partial charge in [0.25, 0.3) is 0 Å². The highest BCUT2D eigenvalue weighted by molar-refractivity contribution is 5.67. The third-order valence-corrected chi connectivity index (χ3v) is 6.86. The van der Waals surface area contributed by atoms with E-state index in [9.17, 15) is 9.18 Å². The summed E-state index contributed by atoms with van der Waals surface area (Å²) >= 11 is 0. The van der Waals surface area contributed by atoms with Crippen LogP contribution in [0.3, 0.4) is 0 Å². The molecule has 2 atom stereocenters. The van der Waals surface area contributed by atoms with E-state index in [-0.39, 0.29) is 11.9 Å². The molecule has 3 saturated heterocycles. The standard InChI is InChI=1S/C25H31FN4O2/c26-21-12-20(13-24(14-21)30-22-6-7-23(30)16-27-15-22)17-28-8-10-29(11-9-28)25(31)32-18-19-4-2-1-3-5-19/h1-5,12-14,22-23,27H,6-11,15-18H2. The molecule has 0 aliphatic carbocycles. The van der Waals surface area contributed by atoms with Gasteiger partial charge in [0, 0.05) is 63.6 Å². The quantitative estimate of drug-likeness (QED) is 0.777. The second-order valence-electron chi connectivity index (χ2n) is 9.07. The molecule has 1 N–H and O–H groups in total. The molecule has 0 aromatic heterocycles. The van der Waals surface area contributed by atoms with Crippen LogP contribution in [-0.4, -0.2) is 67.2 Å². The molecule has 7 heteroatoms. The number of carbonyl (C=O) groups excluding carboxylic acids is 1. The molecule has 0 spiro atoms. The van der Waals surface area contributed by atoms with Gasteiger partial charge < -0.3 is 19.9 Å². The topological polar surface area (TPSA) is 48.1 Å². The minimum atomic E-state index is -0.268. The van der Waals surface area contributed by atoms with Gasteiger partial charge in [-0.3, -0.25) is 4.90 Å². The Balaban J connectivity index is 1.15. The van der Waals surface area contributed by atoms with Crippen LogP contribution in [0.15, 0.2) is 48.5 Å². The molecule has 3 aliphatic heterocycles. The van der Waals surface area contributed by atoms with Crippen LogP contribution >= 0.6 is 0 Å². The molecule has 3 heterocycles. The molecular formula is C25H31FN4O2. The molecule has 2 bridgehead atoms. The number of carbonyl (C=O) groups is 1. The number of ether oxygens (including phenoxy) is 1. The molecule has 6 nitrogen and oxygen atoms in total. The van der Waals surface area contributed by atoms with Gasteiger partial charge in [0.05, 0.1) is 0 Å². The van der Waals surface area contributed by atoms with Gasteiger partial charge in [0.2, 0.25) is 0 Å². The highest BCUT2D eigenvalue weighted by atomic mass is 19.1. The first kappa shape index (κ1) is 21.2. The van der Waals surface area contributed by atoms with Crippen molar-refractivity contribution in [2.24, 2.45) is 0 Å². The number of fused-ring (bicyclic) bond motifs is 2. The summed E-state index contributed by atoms with van der Waals surface area (Å²) in [4.78, 5) is 18.9. The summed E-state index contributed by atoms with van der Waals surface area (Å²) in [7, 11) is 0. The van der Waals surface area contributed by atoms with Gasteiger partial charge in [-0.15, -0.1) is 0 Å². The summed E-state index contributed by atoms with van der Waals surface area (Å²) in [6.45, 7) is 5.69. The number of rotatable bonds is 5. The van der Waals surface area contributed by atoms with E-state index in [0.717, 1.165) is 43.0 Å². The van der Waals surface area contributed by atoms with Crippen molar-refractivity contribution in [2.75, 3.05) is 44.2 Å². The SMILES string of the molecule is O=C(OCc1ccccc1)N1CCN(Cc2cc(F)cc(N3C4CCC3CNC4)c2)CC1. The number of halogens is 1. The number of hydrogen-bond acceptors (Lipinski definition) is 5. The Labute approximate surface area is 188 Å². The number of nitrogens with one attached hydrogen (secondary N) is 1. The Morgan fingerprint density at radius 2 is 1.69 bits per heavy atom. The maximum Gasteiger partial charge on any atom is 0.410 e. The fourth-order valence-corrected chi connectivity index (χ4v) is 5.23. The fraction of sp³-hybridized carbons (Fsp3) is 0.480. The van der Waals surface area contributed by atoms with Crippen LogP contribution in [0.2, 0.25) is 0 Å². The van der Waals surface area contributed by atoms with E-state index in [1.807, 2.05) is 30.3 Å². The van der Waals surface area contributed by atoms with Crippen molar-refractivity contribution >= 4 is 11.8 Å². The van der Waals surface area contributed by atoms with Crippen molar-refractivity contribution in [1.82, 2.24) is 15.1 Å². The van der Waals surface area contributed by atoms with Gasteiger partial charge in [0.1, 0.15) is 12.4 Å². The summed E-state index contributed by atoms with van der Waals surface area (Å²) in [5, 5.41) is 3.49. The predicted molar refractivity (Wildman–Crippen MR) is 122 cm³/mol. The predicted octanol–water partition coefficient (Wildman–Crippen LogP) is 3.22. The minimum absolute atomic E-state index is 0.168. The molecule has 2 unspecified atom stereocenters. The molecule has 32 heavy (non-hydrogen) atoms. The Kier molecular flexibility index (Phi) is 6.28. The average Bonchev–Trinajstić information content (AvgIpc) is 3.06. The third-order valence-electron chi connectivity index (χ3n) is 6.86. The number of amides is 1. The van der Waals surface area contributed by atoms with Crippen molar-refractivity contribution in [3.8, 4) is 0 Å². The van der Waals surface area contributed by atoms with Gasteiger partial charge in [-0.25, -0.2) is 9.18 Å². The van der Waals surface area contributed by atoms with Crippen molar-refractivity contribution in [1.29, 1.82) is 0 Å². The van der Waals surface area contributed by atoms with Crippen LogP contribution in [0.1, 0.15) is 24.0 Å². The Hall–Kier alpha value is -2.64. The smallest absolute Gasteiger partial charge is 0.410 e. The van der Waals surface area contributed by atoms with E-state index < -0.39 is 0 Å². The molecule has 0 saturated carbocycles.